The second-order valence-corrected chi connectivity index (χ2v) is 5.42. The van der Waals surface area contributed by atoms with Crippen molar-refractivity contribution in [3.63, 3.8) is 0 Å². The number of hydrogen-bond acceptors (Lipinski definition) is 3. The van der Waals surface area contributed by atoms with Crippen molar-refractivity contribution < 1.29 is 23.1 Å². The lowest BCUT2D eigenvalue weighted by Gasteiger charge is -2.26. The molecule has 0 saturated carbocycles. The maximum atomic E-state index is 13.7. The molecule has 0 bridgehead atoms. The molecule has 21 heavy (non-hydrogen) atoms. The average Bonchev–Trinajstić information content (AvgIpc) is 2.41. The maximum absolute atomic E-state index is 13.7. The second kappa shape index (κ2) is 6.65. The average molecular weight is 299 g/mol. The third-order valence-electron chi connectivity index (χ3n) is 3.17. The van der Waals surface area contributed by atoms with E-state index in [4.69, 9.17) is 4.74 Å². The maximum Gasteiger partial charge on any atom is 0.261 e. The van der Waals surface area contributed by atoms with E-state index in [0.717, 1.165) is 12.1 Å². The fourth-order valence-corrected chi connectivity index (χ4v) is 1.51. The van der Waals surface area contributed by atoms with Crippen molar-refractivity contribution in [2.24, 2.45) is 0 Å². The van der Waals surface area contributed by atoms with E-state index in [1.807, 2.05) is 20.8 Å². The lowest BCUT2D eigenvalue weighted by atomic mass is 10.0. The van der Waals surface area contributed by atoms with Gasteiger partial charge in [-0.15, -0.1) is 0 Å². The third-order valence-corrected chi connectivity index (χ3v) is 3.17. The van der Waals surface area contributed by atoms with Crippen LogP contribution >= 0.6 is 0 Å². The summed E-state index contributed by atoms with van der Waals surface area (Å²) in [7, 11) is 0. The Balaban J connectivity index is 2.86. The zero-order chi connectivity index (χ0) is 16.2. The van der Waals surface area contributed by atoms with E-state index in [9.17, 15) is 18.4 Å². The summed E-state index contributed by atoms with van der Waals surface area (Å²) in [6.45, 7) is 6.96. The molecule has 1 rings (SSSR count). The molecule has 0 fully saturated rings. The molecule has 1 unspecified atom stereocenters. The van der Waals surface area contributed by atoms with Crippen LogP contribution in [0, 0.1) is 11.6 Å². The summed E-state index contributed by atoms with van der Waals surface area (Å²) in [5, 5.41) is 2.72. The molecule has 116 valence electrons. The Bertz CT molecular complexity index is 521. The zero-order valence-corrected chi connectivity index (χ0v) is 12.5. The number of nitrogens with one attached hydrogen (secondary N) is 1. The Hall–Kier alpha value is -1.98. The van der Waals surface area contributed by atoms with Crippen LogP contribution in [0.5, 0.6) is 5.75 Å². The first-order valence-electron chi connectivity index (χ1n) is 6.63. The van der Waals surface area contributed by atoms with E-state index in [2.05, 4.69) is 5.32 Å². The number of aldehydes is 1. The number of amides is 1. The second-order valence-electron chi connectivity index (χ2n) is 5.42. The summed E-state index contributed by atoms with van der Waals surface area (Å²) in [6, 6.07) is 1.71. The summed E-state index contributed by atoms with van der Waals surface area (Å²) >= 11 is 0. The van der Waals surface area contributed by atoms with Crippen LogP contribution in [-0.2, 0) is 4.79 Å². The number of ether oxygens (including phenoxy) is 1. The van der Waals surface area contributed by atoms with Gasteiger partial charge in [0.2, 0.25) is 0 Å². The van der Waals surface area contributed by atoms with Crippen molar-refractivity contribution in [2.75, 3.05) is 0 Å². The van der Waals surface area contributed by atoms with Crippen LogP contribution in [0.3, 0.4) is 0 Å². The molecule has 1 N–H and O–H groups in total. The van der Waals surface area contributed by atoms with E-state index in [0.29, 0.717) is 12.7 Å². The number of rotatable bonds is 6. The number of carbonyl (C=O) groups is 2. The molecule has 1 aromatic rings. The first-order chi connectivity index (χ1) is 9.70. The molecule has 1 aromatic carbocycles. The normalized spacial score (nSPS) is 12.7. The monoisotopic (exact) mass is 299 g/mol. The summed E-state index contributed by atoms with van der Waals surface area (Å²) in [4.78, 5) is 22.4. The minimum absolute atomic E-state index is 0.137. The molecule has 0 aliphatic heterocycles. The topological polar surface area (TPSA) is 55.4 Å². The van der Waals surface area contributed by atoms with Crippen LogP contribution in [0.25, 0.3) is 0 Å². The van der Waals surface area contributed by atoms with Crippen molar-refractivity contribution in [3.8, 4) is 5.75 Å². The SMILES string of the molecule is CCC(C)(C)NC(=O)C(C)Oc1c(F)cc(C=O)cc1F. The lowest BCUT2D eigenvalue weighted by Crippen LogP contribution is -2.48. The highest BCUT2D eigenvalue weighted by Crippen LogP contribution is 2.24. The molecule has 0 radical (unpaired) electrons. The van der Waals surface area contributed by atoms with Gasteiger partial charge in [0, 0.05) is 11.1 Å². The third kappa shape index (κ3) is 4.51. The van der Waals surface area contributed by atoms with Crippen LogP contribution < -0.4 is 10.1 Å². The van der Waals surface area contributed by atoms with Crippen molar-refractivity contribution >= 4 is 12.2 Å². The van der Waals surface area contributed by atoms with E-state index >= 15 is 0 Å². The fraction of sp³-hybridized carbons (Fsp3) is 0.467. The lowest BCUT2D eigenvalue weighted by molar-refractivity contribution is -0.129. The number of carbonyl (C=O) groups excluding carboxylic acids is 2. The zero-order valence-electron chi connectivity index (χ0n) is 12.5. The van der Waals surface area contributed by atoms with Crippen molar-refractivity contribution in [1.82, 2.24) is 5.32 Å². The van der Waals surface area contributed by atoms with Gasteiger partial charge in [-0.1, -0.05) is 6.92 Å². The molecule has 0 saturated heterocycles. The minimum atomic E-state index is -1.07. The fourth-order valence-electron chi connectivity index (χ4n) is 1.51. The number of benzene rings is 1. The number of hydrogen-bond donors (Lipinski definition) is 1. The predicted octanol–water partition coefficient (Wildman–Crippen LogP) is 2.85. The molecule has 4 nitrogen and oxygen atoms in total. The van der Waals surface area contributed by atoms with Crippen molar-refractivity contribution in [3.05, 3.63) is 29.3 Å². The van der Waals surface area contributed by atoms with Crippen LogP contribution in [-0.4, -0.2) is 23.8 Å². The summed E-state index contributed by atoms with van der Waals surface area (Å²) in [5.74, 6) is -3.18. The minimum Gasteiger partial charge on any atom is -0.475 e. The molecule has 6 heteroatoms. The smallest absolute Gasteiger partial charge is 0.261 e. The standard InChI is InChI=1S/C15H19F2NO3/c1-5-15(3,4)18-14(20)9(2)21-13-11(16)6-10(8-19)7-12(13)17/h6-9H,5H2,1-4H3,(H,18,20). The Morgan fingerprint density at radius 3 is 2.33 bits per heavy atom. The van der Waals surface area contributed by atoms with Gasteiger partial charge >= 0.3 is 0 Å². The predicted molar refractivity (Wildman–Crippen MR) is 74.3 cm³/mol. The van der Waals surface area contributed by atoms with Gasteiger partial charge in [0.05, 0.1) is 0 Å². The first-order valence-corrected chi connectivity index (χ1v) is 6.63. The quantitative estimate of drug-likeness (QED) is 0.822. The van der Waals surface area contributed by atoms with Gasteiger partial charge in [0.15, 0.2) is 23.5 Å². The number of halogens is 2. The Labute approximate surface area is 122 Å². The largest absolute Gasteiger partial charge is 0.475 e. The van der Waals surface area contributed by atoms with Gasteiger partial charge in [-0.05, 0) is 39.3 Å². The molecule has 0 aromatic heterocycles. The van der Waals surface area contributed by atoms with Crippen LogP contribution in [0.2, 0.25) is 0 Å². The summed E-state index contributed by atoms with van der Waals surface area (Å²) < 4.78 is 32.4. The summed E-state index contributed by atoms with van der Waals surface area (Å²) in [5.41, 5.74) is -0.575. The highest BCUT2D eigenvalue weighted by Gasteiger charge is 2.25. The molecule has 1 amide bonds. The van der Waals surface area contributed by atoms with Gasteiger partial charge in [0.25, 0.3) is 5.91 Å². The van der Waals surface area contributed by atoms with E-state index in [-0.39, 0.29) is 5.56 Å². The highest BCUT2D eigenvalue weighted by molar-refractivity contribution is 5.81. The van der Waals surface area contributed by atoms with Crippen molar-refractivity contribution in [1.29, 1.82) is 0 Å². The van der Waals surface area contributed by atoms with Crippen LogP contribution in [0.4, 0.5) is 8.78 Å². The molecule has 1 atom stereocenters. The molecular formula is C15H19F2NO3. The Kier molecular flexibility index (Phi) is 5.41. The molecule has 0 spiro atoms. The van der Waals surface area contributed by atoms with Crippen LogP contribution in [0.15, 0.2) is 12.1 Å². The van der Waals surface area contributed by atoms with Crippen molar-refractivity contribution in [2.45, 2.75) is 45.8 Å². The van der Waals surface area contributed by atoms with E-state index in [1.165, 1.54) is 6.92 Å². The molecular weight excluding hydrogens is 280 g/mol. The van der Waals surface area contributed by atoms with Gasteiger partial charge in [0.1, 0.15) is 6.29 Å². The molecule has 0 aliphatic rings. The molecule has 0 aliphatic carbocycles. The van der Waals surface area contributed by atoms with E-state index in [1.54, 1.807) is 0 Å². The van der Waals surface area contributed by atoms with Gasteiger partial charge in [-0.3, -0.25) is 9.59 Å². The Morgan fingerprint density at radius 1 is 1.38 bits per heavy atom. The van der Waals surface area contributed by atoms with Crippen LogP contribution in [0.1, 0.15) is 44.5 Å². The van der Waals surface area contributed by atoms with Gasteiger partial charge in [-0.25, -0.2) is 8.78 Å². The van der Waals surface area contributed by atoms with Gasteiger partial charge < -0.3 is 10.1 Å². The highest BCUT2D eigenvalue weighted by atomic mass is 19.1. The first kappa shape index (κ1) is 17.1. The Morgan fingerprint density at radius 2 is 1.90 bits per heavy atom. The van der Waals surface area contributed by atoms with E-state index < -0.39 is 34.9 Å². The summed E-state index contributed by atoms with van der Waals surface area (Å²) in [6.07, 6.45) is -0.0418. The van der Waals surface area contributed by atoms with Gasteiger partial charge in [-0.2, -0.15) is 0 Å². The molecule has 0 heterocycles.